The second kappa shape index (κ2) is 3.10. The molecule has 0 radical (unpaired) electrons. The highest BCUT2D eigenvalue weighted by Gasteiger charge is 2.06. The van der Waals surface area contributed by atoms with E-state index in [-0.39, 0.29) is 0 Å². The number of fused-ring (bicyclic) bond motifs is 1. The zero-order chi connectivity index (χ0) is 10.2. The molecule has 2 nitrogen and oxygen atoms in total. The molecule has 2 rings (SSSR count). The van der Waals surface area contributed by atoms with Crippen LogP contribution in [-0.2, 0) is 9.84 Å². The summed E-state index contributed by atoms with van der Waals surface area (Å²) in [5.74, 6) is 0. The summed E-state index contributed by atoms with van der Waals surface area (Å²) in [5.41, 5.74) is 0. The molecule has 2 aromatic rings. The molecule has 0 aromatic heterocycles. The smallest absolute Gasteiger partial charge is 0.175 e. The molecule has 72 valence electrons. The van der Waals surface area contributed by atoms with Crippen molar-refractivity contribution in [3.05, 3.63) is 42.5 Å². The lowest BCUT2D eigenvalue weighted by molar-refractivity contribution is 0.602. The third-order valence-electron chi connectivity index (χ3n) is 2.15. The van der Waals surface area contributed by atoms with Crippen molar-refractivity contribution >= 4 is 20.6 Å². The Balaban J connectivity index is 2.75. The summed E-state index contributed by atoms with van der Waals surface area (Å²) < 4.78 is 22.6. The molecule has 0 saturated carbocycles. The van der Waals surface area contributed by atoms with Crippen molar-refractivity contribution in [2.75, 3.05) is 6.26 Å². The minimum absolute atomic E-state index is 0.371. The van der Waals surface area contributed by atoms with Crippen LogP contribution in [0.15, 0.2) is 47.4 Å². The van der Waals surface area contributed by atoms with Gasteiger partial charge in [-0.3, -0.25) is 0 Å². The van der Waals surface area contributed by atoms with Gasteiger partial charge in [0.15, 0.2) is 9.84 Å². The largest absolute Gasteiger partial charge is 0.224 e. The molecule has 2 aromatic carbocycles. The van der Waals surface area contributed by atoms with Crippen LogP contribution >= 0.6 is 0 Å². The van der Waals surface area contributed by atoms with E-state index in [0.717, 1.165) is 10.8 Å². The first-order valence-electron chi connectivity index (χ1n) is 4.26. The van der Waals surface area contributed by atoms with Crippen LogP contribution in [0.2, 0.25) is 0 Å². The normalized spacial score (nSPS) is 11.8. The Morgan fingerprint density at radius 1 is 0.929 bits per heavy atom. The average molecular weight is 206 g/mol. The predicted octanol–water partition coefficient (Wildman–Crippen LogP) is 2.24. The van der Waals surface area contributed by atoms with E-state index in [2.05, 4.69) is 0 Å². The van der Waals surface area contributed by atoms with Crippen LogP contribution in [-0.4, -0.2) is 14.7 Å². The number of hydrogen-bond acceptors (Lipinski definition) is 2. The van der Waals surface area contributed by atoms with E-state index in [1.165, 1.54) is 6.26 Å². The van der Waals surface area contributed by atoms with Crippen LogP contribution in [0.25, 0.3) is 10.8 Å². The maximum Gasteiger partial charge on any atom is 0.175 e. The molecule has 0 aliphatic rings. The van der Waals surface area contributed by atoms with Gasteiger partial charge in [-0.1, -0.05) is 30.3 Å². The Kier molecular flexibility index (Phi) is 2.04. The molecule has 0 spiro atoms. The minimum atomic E-state index is -3.09. The molecule has 0 fully saturated rings. The molecule has 3 heteroatoms. The summed E-state index contributed by atoms with van der Waals surface area (Å²) >= 11 is 0. The highest BCUT2D eigenvalue weighted by Crippen LogP contribution is 2.18. The van der Waals surface area contributed by atoms with Crippen molar-refractivity contribution < 1.29 is 8.42 Å². The average Bonchev–Trinajstić information content (AvgIpc) is 2.16. The maximum absolute atomic E-state index is 11.3. The van der Waals surface area contributed by atoms with Crippen molar-refractivity contribution in [2.45, 2.75) is 4.90 Å². The molecule has 0 saturated heterocycles. The van der Waals surface area contributed by atoms with Gasteiger partial charge in [-0.15, -0.1) is 0 Å². The zero-order valence-corrected chi connectivity index (χ0v) is 8.58. The molecular formula is C11H10O2S. The predicted molar refractivity (Wildman–Crippen MR) is 57.1 cm³/mol. The minimum Gasteiger partial charge on any atom is -0.224 e. The van der Waals surface area contributed by atoms with Crippen molar-refractivity contribution in [1.29, 1.82) is 0 Å². The lowest BCUT2D eigenvalue weighted by atomic mass is 10.1. The fourth-order valence-electron chi connectivity index (χ4n) is 1.40. The lowest BCUT2D eigenvalue weighted by Crippen LogP contribution is -1.96. The van der Waals surface area contributed by atoms with Gasteiger partial charge in [0, 0.05) is 6.26 Å². The van der Waals surface area contributed by atoms with E-state index >= 15 is 0 Å². The van der Waals surface area contributed by atoms with Gasteiger partial charge in [0.25, 0.3) is 0 Å². The number of rotatable bonds is 1. The van der Waals surface area contributed by atoms with Crippen molar-refractivity contribution in [2.24, 2.45) is 0 Å². The summed E-state index contributed by atoms with van der Waals surface area (Å²) in [6, 6.07) is 12.9. The molecule has 14 heavy (non-hydrogen) atoms. The molecule has 0 N–H and O–H groups in total. The van der Waals surface area contributed by atoms with Gasteiger partial charge in [0.1, 0.15) is 0 Å². The Morgan fingerprint density at radius 3 is 2.21 bits per heavy atom. The summed E-state index contributed by atoms with van der Waals surface area (Å²) in [6.45, 7) is 0. The van der Waals surface area contributed by atoms with Gasteiger partial charge < -0.3 is 0 Å². The zero-order valence-electron chi connectivity index (χ0n) is 7.77. The van der Waals surface area contributed by atoms with E-state index in [1.54, 1.807) is 12.1 Å². The molecule has 0 amide bonds. The van der Waals surface area contributed by atoms with E-state index in [4.69, 9.17) is 0 Å². The van der Waals surface area contributed by atoms with Crippen molar-refractivity contribution in [3.63, 3.8) is 0 Å². The third-order valence-corrected chi connectivity index (χ3v) is 3.26. The van der Waals surface area contributed by atoms with Gasteiger partial charge in [0.05, 0.1) is 4.90 Å². The second-order valence-electron chi connectivity index (χ2n) is 3.28. The fourth-order valence-corrected chi connectivity index (χ4v) is 2.05. The number of benzene rings is 2. The molecule has 0 bridgehead atoms. The van der Waals surface area contributed by atoms with Crippen LogP contribution in [0.1, 0.15) is 0 Å². The summed E-state index contributed by atoms with van der Waals surface area (Å²) in [7, 11) is -3.09. The lowest BCUT2D eigenvalue weighted by Gasteiger charge is -2.00. The Bertz CT molecular complexity index is 571. The third kappa shape index (κ3) is 1.63. The highest BCUT2D eigenvalue weighted by atomic mass is 32.2. The van der Waals surface area contributed by atoms with Crippen LogP contribution in [0, 0.1) is 0 Å². The van der Waals surface area contributed by atoms with Gasteiger partial charge >= 0.3 is 0 Å². The molecular weight excluding hydrogens is 196 g/mol. The molecule has 0 aliphatic heterocycles. The van der Waals surface area contributed by atoms with E-state index in [1.807, 2.05) is 30.3 Å². The van der Waals surface area contributed by atoms with Gasteiger partial charge in [-0.25, -0.2) is 8.42 Å². The van der Waals surface area contributed by atoms with Crippen molar-refractivity contribution in [3.8, 4) is 0 Å². The number of sulfone groups is 1. The molecule has 0 atom stereocenters. The van der Waals surface area contributed by atoms with Crippen molar-refractivity contribution in [1.82, 2.24) is 0 Å². The van der Waals surface area contributed by atoms with Crippen LogP contribution in [0.4, 0.5) is 0 Å². The topological polar surface area (TPSA) is 34.1 Å². The first-order chi connectivity index (χ1) is 6.57. The van der Waals surface area contributed by atoms with Crippen LogP contribution in [0.3, 0.4) is 0 Å². The summed E-state index contributed by atoms with van der Waals surface area (Å²) in [5, 5.41) is 2.01. The second-order valence-corrected chi connectivity index (χ2v) is 5.30. The number of hydrogen-bond donors (Lipinski definition) is 0. The Labute approximate surface area is 83.1 Å². The highest BCUT2D eigenvalue weighted by molar-refractivity contribution is 7.90. The first kappa shape index (κ1) is 9.21. The SMILES string of the molecule is CS(=O)(=O)c1ccc2ccccc2c1. The van der Waals surface area contributed by atoms with Gasteiger partial charge in [-0.2, -0.15) is 0 Å². The molecule has 0 aliphatic carbocycles. The van der Waals surface area contributed by atoms with E-state index in [0.29, 0.717) is 4.90 Å². The van der Waals surface area contributed by atoms with E-state index < -0.39 is 9.84 Å². The quantitative estimate of drug-likeness (QED) is 0.717. The van der Waals surface area contributed by atoms with Gasteiger partial charge in [-0.05, 0) is 22.9 Å². The van der Waals surface area contributed by atoms with E-state index in [9.17, 15) is 8.42 Å². The fraction of sp³-hybridized carbons (Fsp3) is 0.0909. The van der Waals surface area contributed by atoms with Gasteiger partial charge in [0.2, 0.25) is 0 Å². The molecule has 0 unspecified atom stereocenters. The monoisotopic (exact) mass is 206 g/mol. The Morgan fingerprint density at radius 2 is 1.57 bits per heavy atom. The first-order valence-corrected chi connectivity index (χ1v) is 6.15. The van der Waals surface area contributed by atoms with Crippen LogP contribution in [0.5, 0.6) is 0 Å². The maximum atomic E-state index is 11.3. The Hall–Kier alpha value is -1.35. The molecule has 0 heterocycles. The standard InChI is InChI=1S/C11H10O2S/c1-14(12,13)11-7-6-9-4-2-3-5-10(9)8-11/h2-8H,1H3. The van der Waals surface area contributed by atoms with Crippen LogP contribution < -0.4 is 0 Å². The summed E-state index contributed by atoms with van der Waals surface area (Å²) in [4.78, 5) is 0.371. The summed E-state index contributed by atoms with van der Waals surface area (Å²) in [6.07, 6.45) is 1.22.